The van der Waals surface area contributed by atoms with Gasteiger partial charge in [-0.05, 0) is 24.8 Å². The van der Waals surface area contributed by atoms with Gasteiger partial charge in [0, 0.05) is 19.4 Å². The molecule has 8 heteroatoms. The van der Waals surface area contributed by atoms with Crippen molar-refractivity contribution in [3.8, 4) is 10.7 Å². The Labute approximate surface area is 131 Å². The highest BCUT2D eigenvalue weighted by Crippen LogP contribution is 2.21. The number of thiophene rings is 1. The smallest absolute Gasteiger partial charge is 0.323 e. The summed E-state index contributed by atoms with van der Waals surface area (Å²) in [6.45, 7) is 1.87. The Bertz CT molecular complexity index is 624. The largest absolute Gasteiger partial charge is 0.480 e. The second-order valence-electron chi connectivity index (χ2n) is 4.64. The number of hydrogen-bond donors (Lipinski definition) is 1. The zero-order valence-corrected chi connectivity index (χ0v) is 13.0. The van der Waals surface area contributed by atoms with Crippen LogP contribution >= 0.6 is 11.3 Å². The molecule has 0 aliphatic heterocycles. The molecular formula is C14H17N3O4S. The summed E-state index contributed by atoms with van der Waals surface area (Å²) in [5.74, 6) is -0.148. The van der Waals surface area contributed by atoms with Crippen LogP contribution in [0.4, 0.5) is 0 Å². The molecule has 0 aliphatic rings. The van der Waals surface area contributed by atoms with Crippen LogP contribution in [-0.4, -0.2) is 45.1 Å². The first-order chi connectivity index (χ1) is 10.6. The van der Waals surface area contributed by atoms with Crippen molar-refractivity contribution >= 4 is 23.2 Å². The summed E-state index contributed by atoms with van der Waals surface area (Å²) < 4.78 is 5.15. The van der Waals surface area contributed by atoms with E-state index in [-0.39, 0.29) is 18.9 Å². The van der Waals surface area contributed by atoms with Crippen molar-refractivity contribution in [1.29, 1.82) is 0 Å². The molecule has 0 unspecified atom stereocenters. The molecule has 0 radical (unpaired) electrons. The van der Waals surface area contributed by atoms with E-state index in [4.69, 9.17) is 9.63 Å². The normalized spacial score (nSPS) is 10.6. The maximum absolute atomic E-state index is 11.9. The molecule has 0 fully saturated rings. The molecule has 0 aromatic carbocycles. The van der Waals surface area contributed by atoms with Crippen LogP contribution in [0, 0.1) is 0 Å². The average molecular weight is 323 g/mol. The fourth-order valence-electron chi connectivity index (χ4n) is 1.95. The van der Waals surface area contributed by atoms with Crippen molar-refractivity contribution in [1.82, 2.24) is 15.0 Å². The molecular weight excluding hydrogens is 306 g/mol. The van der Waals surface area contributed by atoms with Gasteiger partial charge in [-0.15, -0.1) is 11.3 Å². The molecule has 2 aromatic rings. The van der Waals surface area contributed by atoms with Gasteiger partial charge in [-0.3, -0.25) is 9.59 Å². The first kappa shape index (κ1) is 16.2. The number of carbonyl (C=O) groups is 2. The molecule has 1 amide bonds. The number of hydrogen-bond acceptors (Lipinski definition) is 6. The maximum atomic E-state index is 11.9. The SMILES string of the molecule is CCN(CC(=O)O)C(=O)CCCc1nc(-c2cccs2)no1. The Morgan fingerprint density at radius 1 is 1.45 bits per heavy atom. The van der Waals surface area contributed by atoms with Crippen molar-refractivity contribution in [3.05, 3.63) is 23.4 Å². The second kappa shape index (κ2) is 7.69. The van der Waals surface area contributed by atoms with Crippen LogP contribution in [0.3, 0.4) is 0 Å². The molecule has 2 rings (SSSR count). The van der Waals surface area contributed by atoms with Gasteiger partial charge in [0.15, 0.2) is 0 Å². The van der Waals surface area contributed by atoms with Gasteiger partial charge >= 0.3 is 5.97 Å². The Morgan fingerprint density at radius 3 is 2.91 bits per heavy atom. The quantitative estimate of drug-likeness (QED) is 0.798. The van der Waals surface area contributed by atoms with Crippen LogP contribution in [0.25, 0.3) is 10.7 Å². The van der Waals surface area contributed by atoms with E-state index in [0.717, 1.165) is 4.88 Å². The van der Waals surface area contributed by atoms with Crippen LogP contribution in [0.15, 0.2) is 22.0 Å². The van der Waals surface area contributed by atoms with Crippen LogP contribution in [0.5, 0.6) is 0 Å². The lowest BCUT2D eigenvalue weighted by Gasteiger charge is -2.18. The van der Waals surface area contributed by atoms with Crippen molar-refractivity contribution < 1.29 is 19.2 Å². The highest BCUT2D eigenvalue weighted by atomic mass is 32.1. The molecule has 0 saturated heterocycles. The Balaban J connectivity index is 1.81. The Kier molecular flexibility index (Phi) is 5.65. The number of nitrogens with zero attached hydrogens (tertiary/aromatic N) is 3. The predicted molar refractivity (Wildman–Crippen MR) is 80.4 cm³/mol. The lowest BCUT2D eigenvalue weighted by molar-refractivity contribution is -0.144. The van der Waals surface area contributed by atoms with Crippen molar-refractivity contribution in [2.45, 2.75) is 26.2 Å². The van der Waals surface area contributed by atoms with Crippen LogP contribution in [0.1, 0.15) is 25.7 Å². The number of rotatable bonds is 8. The third-order valence-corrected chi connectivity index (χ3v) is 3.92. The van der Waals surface area contributed by atoms with Gasteiger partial charge in [-0.25, -0.2) is 0 Å². The van der Waals surface area contributed by atoms with Crippen molar-refractivity contribution in [3.63, 3.8) is 0 Å². The first-order valence-corrected chi connectivity index (χ1v) is 7.84. The fraction of sp³-hybridized carbons (Fsp3) is 0.429. The molecule has 0 spiro atoms. The third kappa shape index (κ3) is 4.39. The highest BCUT2D eigenvalue weighted by Gasteiger charge is 2.15. The van der Waals surface area contributed by atoms with Gasteiger partial charge < -0.3 is 14.5 Å². The molecule has 0 bridgehead atoms. The van der Waals surface area contributed by atoms with E-state index < -0.39 is 5.97 Å². The van der Waals surface area contributed by atoms with E-state index in [1.54, 1.807) is 6.92 Å². The van der Waals surface area contributed by atoms with E-state index in [9.17, 15) is 9.59 Å². The number of aryl methyl sites for hydroxylation is 1. The Morgan fingerprint density at radius 2 is 2.27 bits per heavy atom. The number of amides is 1. The number of carboxylic acid groups (broad SMARTS) is 1. The van der Waals surface area contributed by atoms with E-state index in [1.807, 2.05) is 17.5 Å². The minimum atomic E-state index is -1.01. The second-order valence-corrected chi connectivity index (χ2v) is 5.59. The standard InChI is InChI=1S/C14H17N3O4S/c1-2-17(9-13(19)20)12(18)7-3-6-11-15-14(16-21-11)10-5-4-8-22-10/h4-5,8H,2-3,6-7,9H2,1H3,(H,19,20). The third-order valence-electron chi connectivity index (χ3n) is 3.05. The molecule has 2 heterocycles. The highest BCUT2D eigenvalue weighted by molar-refractivity contribution is 7.13. The van der Waals surface area contributed by atoms with Gasteiger partial charge in [0.1, 0.15) is 6.54 Å². The topological polar surface area (TPSA) is 96.5 Å². The van der Waals surface area contributed by atoms with Gasteiger partial charge in [0.05, 0.1) is 4.88 Å². The summed E-state index contributed by atoms with van der Waals surface area (Å²) in [6.07, 6.45) is 1.30. The van der Waals surface area contributed by atoms with E-state index in [0.29, 0.717) is 31.1 Å². The molecule has 2 aromatic heterocycles. The number of aliphatic carboxylic acids is 1. The summed E-state index contributed by atoms with van der Waals surface area (Å²) in [5, 5.41) is 14.6. The summed E-state index contributed by atoms with van der Waals surface area (Å²) in [4.78, 5) is 29.1. The molecule has 22 heavy (non-hydrogen) atoms. The number of likely N-dealkylation sites (N-methyl/N-ethyl adjacent to an activating group) is 1. The van der Waals surface area contributed by atoms with E-state index in [2.05, 4.69) is 10.1 Å². The van der Waals surface area contributed by atoms with Crippen molar-refractivity contribution in [2.75, 3.05) is 13.1 Å². The van der Waals surface area contributed by atoms with Gasteiger partial charge in [-0.1, -0.05) is 11.2 Å². The summed E-state index contributed by atoms with van der Waals surface area (Å²) in [7, 11) is 0. The number of aromatic nitrogens is 2. The summed E-state index contributed by atoms with van der Waals surface area (Å²) in [6, 6.07) is 3.82. The average Bonchev–Trinajstić information content (AvgIpc) is 3.14. The molecule has 1 N–H and O–H groups in total. The molecule has 0 aliphatic carbocycles. The zero-order valence-electron chi connectivity index (χ0n) is 12.2. The van der Waals surface area contributed by atoms with Crippen LogP contribution in [0.2, 0.25) is 0 Å². The molecule has 0 saturated carbocycles. The Hall–Kier alpha value is -2.22. The molecule has 118 valence electrons. The first-order valence-electron chi connectivity index (χ1n) is 6.96. The minimum Gasteiger partial charge on any atom is -0.480 e. The van der Waals surface area contributed by atoms with Crippen molar-refractivity contribution in [2.24, 2.45) is 0 Å². The zero-order chi connectivity index (χ0) is 15.9. The number of carboxylic acids is 1. The maximum Gasteiger partial charge on any atom is 0.323 e. The number of carbonyl (C=O) groups excluding carboxylic acids is 1. The van der Waals surface area contributed by atoms with E-state index >= 15 is 0 Å². The van der Waals surface area contributed by atoms with E-state index in [1.165, 1.54) is 16.2 Å². The van der Waals surface area contributed by atoms with Crippen LogP contribution < -0.4 is 0 Å². The molecule has 0 atom stereocenters. The minimum absolute atomic E-state index is 0.178. The van der Waals surface area contributed by atoms with Gasteiger partial charge in [-0.2, -0.15) is 4.98 Å². The summed E-state index contributed by atoms with van der Waals surface area (Å²) >= 11 is 1.53. The fourth-order valence-corrected chi connectivity index (χ4v) is 2.60. The lowest BCUT2D eigenvalue weighted by Crippen LogP contribution is -2.35. The van der Waals surface area contributed by atoms with Gasteiger partial charge in [0.2, 0.25) is 17.6 Å². The summed E-state index contributed by atoms with van der Waals surface area (Å²) in [5.41, 5.74) is 0. The predicted octanol–water partition coefficient (Wildman–Crippen LogP) is 2.05. The lowest BCUT2D eigenvalue weighted by atomic mass is 10.2. The monoisotopic (exact) mass is 323 g/mol. The van der Waals surface area contributed by atoms with Crippen LogP contribution in [-0.2, 0) is 16.0 Å². The van der Waals surface area contributed by atoms with Gasteiger partial charge in [0.25, 0.3) is 0 Å². The molecule has 7 nitrogen and oxygen atoms in total.